The lowest BCUT2D eigenvalue weighted by molar-refractivity contribution is -0.137. The first kappa shape index (κ1) is 13.0. The Morgan fingerprint density at radius 2 is 2.06 bits per heavy atom. The third kappa shape index (κ3) is 4.51. The molecule has 0 unspecified atom stereocenters. The third-order valence-electron chi connectivity index (χ3n) is 2.26. The van der Waals surface area contributed by atoms with Gasteiger partial charge in [0.25, 0.3) is 0 Å². The second-order valence-corrected chi connectivity index (χ2v) is 3.45. The Balaban J connectivity index is 2.80. The molecule has 0 amide bonds. The van der Waals surface area contributed by atoms with E-state index in [9.17, 15) is 9.59 Å². The van der Waals surface area contributed by atoms with Crippen molar-refractivity contribution in [3.05, 3.63) is 41.5 Å². The lowest BCUT2D eigenvalue weighted by Crippen LogP contribution is -1.99. The summed E-state index contributed by atoms with van der Waals surface area (Å²) in [4.78, 5) is 21.5. The van der Waals surface area contributed by atoms with Gasteiger partial charge in [0.15, 0.2) is 0 Å². The number of benzene rings is 1. The number of methoxy groups -OCH3 is 1. The molecule has 0 aromatic heterocycles. The topological polar surface area (TPSA) is 63.6 Å². The monoisotopic (exact) mass is 234 g/mol. The highest BCUT2D eigenvalue weighted by molar-refractivity contribution is 5.87. The van der Waals surface area contributed by atoms with Gasteiger partial charge in [-0.2, -0.15) is 0 Å². The summed E-state index contributed by atoms with van der Waals surface area (Å²) >= 11 is 0. The number of esters is 1. The molecular formula is C13H14O4. The predicted molar refractivity (Wildman–Crippen MR) is 63.4 cm³/mol. The number of ether oxygens (including phenoxy) is 1. The highest BCUT2D eigenvalue weighted by Gasteiger charge is 2.03. The van der Waals surface area contributed by atoms with Crippen molar-refractivity contribution in [1.29, 1.82) is 0 Å². The summed E-state index contributed by atoms with van der Waals surface area (Å²) in [6.07, 6.45) is 3.46. The van der Waals surface area contributed by atoms with Gasteiger partial charge in [-0.1, -0.05) is 24.3 Å². The fourth-order valence-corrected chi connectivity index (χ4v) is 1.39. The molecule has 1 N–H and O–H groups in total. The van der Waals surface area contributed by atoms with Gasteiger partial charge in [-0.15, -0.1) is 0 Å². The van der Waals surface area contributed by atoms with E-state index in [0.717, 1.165) is 11.1 Å². The highest BCUT2D eigenvalue weighted by Crippen LogP contribution is 2.13. The molecule has 17 heavy (non-hydrogen) atoms. The zero-order valence-electron chi connectivity index (χ0n) is 9.55. The minimum atomic E-state index is -0.836. The van der Waals surface area contributed by atoms with Crippen LogP contribution in [-0.4, -0.2) is 24.2 Å². The fourth-order valence-electron chi connectivity index (χ4n) is 1.39. The molecule has 1 aromatic carbocycles. The van der Waals surface area contributed by atoms with Crippen LogP contribution in [0.3, 0.4) is 0 Å². The van der Waals surface area contributed by atoms with Gasteiger partial charge in [-0.25, -0.2) is 4.79 Å². The smallest absolute Gasteiger partial charge is 0.330 e. The molecule has 0 atom stereocenters. The summed E-state index contributed by atoms with van der Waals surface area (Å²) < 4.78 is 4.49. The molecule has 0 bridgehead atoms. The van der Waals surface area contributed by atoms with Crippen LogP contribution in [0.5, 0.6) is 0 Å². The molecule has 0 radical (unpaired) electrons. The van der Waals surface area contributed by atoms with E-state index in [1.807, 2.05) is 24.3 Å². The summed E-state index contributed by atoms with van der Waals surface area (Å²) in [6.45, 7) is 0. The van der Waals surface area contributed by atoms with Gasteiger partial charge >= 0.3 is 11.9 Å². The maximum atomic E-state index is 11.0. The van der Waals surface area contributed by atoms with Gasteiger partial charge < -0.3 is 9.84 Å². The van der Waals surface area contributed by atoms with Gasteiger partial charge in [0.2, 0.25) is 0 Å². The molecule has 0 saturated heterocycles. The van der Waals surface area contributed by atoms with Crippen LogP contribution in [0.1, 0.15) is 17.5 Å². The Morgan fingerprint density at radius 1 is 1.35 bits per heavy atom. The zero-order chi connectivity index (χ0) is 12.7. The van der Waals surface area contributed by atoms with E-state index in [4.69, 9.17) is 5.11 Å². The van der Waals surface area contributed by atoms with Crippen LogP contribution in [-0.2, 0) is 20.7 Å². The molecule has 0 heterocycles. The van der Waals surface area contributed by atoms with Crippen molar-refractivity contribution in [3.63, 3.8) is 0 Å². The minimum absolute atomic E-state index is 0.0725. The van der Waals surface area contributed by atoms with Crippen LogP contribution >= 0.6 is 0 Å². The van der Waals surface area contributed by atoms with Crippen molar-refractivity contribution in [3.8, 4) is 0 Å². The van der Waals surface area contributed by atoms with Gasteiger partial charge in [0.05, 0.1) is 7.11 Å². The number of aliphatic carboxylic acids is 1. The van der Waals surface area contributed by atoms with Crippen molar-refractivity contribution in [2.75, 3.05) is 7.11 Å². The van der Waals surface area contributed by atoms with E-state index in [-0.39, 0.29) is 6.42 Å². The molecular weight excluding hydrogens is 220 g/mol. The first-order valence-electron chi connectivity index (χ1n) is 5.19. The Morgan fingerprint density at radius 3 is 2.71 bits per heavy atom. The van der Waals surface area contributed by atoms with Crippen molar-refractivity contribution in [2.24, 2.45) is 0 Å². The van der Waals surface area contributed by atoms with Gasteiger partial charge in [0, 0.05) is 12.5 Å². The fraction of sp³-hybridized carbons (Fsp3) is 0.231. The maximum Gasteiger partial charge on any atom is 0.330 e. The average molecular weight is 234 g/mol. The average Bonchev–Trinajstić information content (AvgIpc) is 2.34. The molecule has 0 aliphatic carbocycles. The number of hydrogen-bond donors (Lipinski definition) is 1. The van der Waals surface area contributed by atoms with Crippen LogP contribution in [0.4, 0.5) is 0 Å². The van der Waals surface area contributed by atoms with Crippen LogP contribution in [0.15, 0.2) is 30.3 Å². The molecule has 90 valence electrons. The predicted octanol–water partition coefficient (Wildman–Crippen LogP) is 1.89. The van der Waals surface area contributed by atoms with Gasteiger partial charge in [-0.05, 0) is 23.6 Å². The molecule has 1 aromatic rings. The Labute approximate surface area is 99.5 Å². The number of carbonyl (C=O) groups is 2. The molecule has 1 rings (SSSR count). The normalized spacial score (nSPS) is 10.4. The SMILES string of the molecule is COC(=O)C=Cc1ccccc1CCC(=O)O. The molecule has 0 saturated carbocycles. The third-order valence-corrected chi connectivity index (χ3v) is 2.26. The first-order chi connectivity index (χ1) is 8.13. The van der Waals surface area contributed by atoms with E-state index in [1.54, 1.807) is 6.08 Å². The lowest BCUT2D eigenvalue weighted by atomic mass is 10.0. The summed E-state index contributed by atoms with van der Waals surface area (Å²) in [5.41, 5.74) is 1.73. The van der Waals surface area contributed by atoms with E-state index in [1.165, 1.54) is 13.2 Å². The van der Waals surface area contributed by atoms with E-state index < -0.39 is 11.9 Å². The van der Waals surface area contributed by atoms with E-state index in [0.29, 0.717) is 6.42 Å². The summed E-state index contributed by atoms with van der Waals surface area (Å²) in [6, 6.07) is 7.35. The lowest BCUT2D eigenvalue weighted by Gasteiger charge is -2.03. The summed E-state index contributed by atoms with van der Waals surface area (Å²) in [5.74, 6) is -1.27. The van der Waals surface area contributed by atoms with Crippen molar-refractivity contribution < 1.29 is 19.4 Å². The molecule has 0 aliphatic rings. The zero-order valence-corrected chi connectivity index (χ0v) is 9.55. The molecule has 0 aliphatic heterocycles. The van der Waals surface area contributed by atoms with E-state index in [2.05, 4.69) is 4.74 Å². The Kier molecular flexibility index (Phi) is 4.94. The Bertz CT molecular complexity index is 435. The van der Waals surface area contributed by atoms with Gasteiger partial charge in [0.1, 0.15) is 0 Å². The molecule has 4 nitrogen and oxygen atoms in total. The van der Waals surface area contributed by atoms with Crippen LogP contribution < -0.4 is 0 Å². The number of aryl methyl sites for hydroxylation is 1. The maximum absolute atomic E-state index is 11.0. The van der Waals surface area contributed by atoms with Gasteiger partial charge in [-0.3, -0.25) is 4.79 Å². The molecule has 0 fully saturated rings. The largest absolute Gasteiger partial charge is 0.481 e. The summed E-state index contributed by atoms with van der Waals surface area (Å²) in [7, 11) is 1.31. The summed E-state index contributed by atoms with van der Waals surface area (Å²) in [5, 5.41) is 8.63. The highest BCUT2D eigenvalue weighted by atomic mass is 16.5. The van der Waals surface area contributed by atoms with Crippen LogP contribution in [0.25, 0.3) is 6.08 Å². The van der Waals surface area contributed by atoms with Crippen LogP contribution in [0, 0.1) is 0 Å². The molecule has 4 heteroatoms. The quantitative estimate of drug-likeness (QED) is 0.624. The van der Waals surface area contributed by atoms with Crippen LogP contribution in [0.2, 0.25) is 0 Å². The number of hydrogen-bond acceptors (Lipinski definition) is 3. The van der Waals surface area contributed by atoms with Crippen molar-refractivity contribution >= 4 is 18.0 Å². The van der Waals surface area contributed by atoms with E-state index >= 15 is 0 Å². The second-order valence-electron chi connectivity index (χ2n) is 3.45. The first-order valence-corrected chi connectivity index (χ1v) is 5.19. The second kappa shape index (κ2) is 6.48. The standard InChI is InChI=1S/C13H14O4/c1-17-13(16)9-7-11-5-3-2-4-10(11)6-8-12(14)15/h2-5,7,9H,6,8H2,1H3,(H,14,15). The number of carboxylic acids is 1. The number of rotatable bonds is 5. The minimum Gasteiger partial charge on any atom is -0.481 e. The van der Waals surface area contributed by atoms with Crippen molar-refractivity contribution in [1.82, 2.24) is 0 Å². The number of carboxylic acid groups (broad SMARTS) is 1. The Hall–Kier alpha value is -2.10. The molecule has 0 spiro atoms. The van der Waals surface area contributed by atoms with Crippen molar-refractivity contribution in [2.45, 2.75) is 12.8 Å². The number of carbonyl (C=O) groups excluding carboxylic acids is 1.